The predicted molar refractivity (Wildman–Crippen MR) is 156 cm³/mol. The van der Waals surface area contributed by atoms with Crippen LogP contribution < -0.4 is 15.4 Å². The Balaban J connectivity index is 1.62. The number of allylic oxidation sites excluding steroid dienone is 3. The number of nitriles is 1. The molecule has 0 radical (unpaired) electrons. The molecule has 0 saturated carbocycles. The third-order valence-corrected chi connectivity index (χ3v) is 8.01. The first-order valence-electron chi connectivity index (χ1n) is 12.9. The Morgan fingerprint density at radius 1 is 1.00 bits per heavy atom. The number of ketones is 1. The van der Waals surface area contributed by atoms with Gasteiger partial charge in [0.05, 0.1) is 17.6 Å². The lowest BCUT2D eigenvalue weighted by atomic mass is 9.74. The van der Waals surface area contributed by atoms with E-state index in [0.29, 0.717) is 46.5 Å². The highest BCUT2D eigenvalue weighted by Gasteiger charge is 2.41. The third-order valence-electron chi connectivity index (χ3n) is 7.54. The molecule has 0 fully saturated rings. The van der Waals surface area contributed by atoms with Crippen molar-refractivity contribution < 1.29 is 9.53 Å². The first kappa shape index (κ1) is 26.9. The largest absolute Gasteiger partial charge is 0.489 e. The molecule has 1 aliphatic carbocycles. The normalized spacial score (nSPS) is 17.3. The Morgan fingerprint density at radius 2 is 1.77 bits per heavy atom. The van der Waals surface area contributed by atoms with Gasteiger partial charge >= 0.3 is 0 Å². The van der Waals surface area contributed by atoms with Crippen molar-refractivity contribution in [3.63, 3.8) is 0 Å². The minimum absolute atomic E-state index is 0.0445. The van der Waals surface area contributed by atoms with Crippen LogP contribution in [0.25, 0.3) is 0 Å². The average molecular weight is 559 g/mol. The van der Waals surface area contributed by atoms with Crippen LogP contribution in [0, 0.1) is 32.1 Å². The predicted octanol–water partition coefficient (Wildman–Crippen LogP) is 7.80. The molecule has 2 N–H and O–H groups in total. The van der Waals surface area contributed by atoms with E-state index < -0.39 is 5.92 Å². The Hall–Kier alpha value is -3.72. The summed E-state index contributed by atoms with van der Waals surface area (Å²) in [7, 11) is 0. The Morgan fingerprint density at radius 3 is 2.49 bits per heavy atom. The molecular weight excluding hydrogens is 529 g/mol. The summed E-state index contributed by atoms with van der Waals surface area (Å²) in [5, 5.41) is 11.6. The molecule has 39 heavy (non-hydrogen) atoms. The molecular formula is C32H29Cl2N3O2. The summed E-state index contributed by atoms with van der Waals surface area (Å²) in [5.41, 5.74) is 14.2. The monoisotopic (exact) mass is 557 g/mol. The Kier molecular flexibility index (Phi) is 7.44. The number of halogens is 2. The second kappa shape index (κ2) is 10.8. The number of rotatable bonds is 5. The number of carbonyl (C=O) groups excluding carboxylic acids is 1. The number of aryl methyl sites for hydroxylation is 3. The molecule has 198 valence electrons. The highest BCUT2D eigenvalue weighted by molar-refractivity contribution is 6.31. The van der Waals surface area contributed by atoms with Gasteiger partial charge in [0.1, 0.15) is 18.2 Å². The summed E-state index contributed by atoms with van der Waals surface area (Å²) in [6.45, 7) is 6.35. The van der Waals surface area contributed by atoms with Crippen LogP contribution in [0.15, 0.2) is 77.3 Å². The minimum atomic E-state index is -0.551. The summed E-state index contributed by atoms with van der Waals surface area (Å²) < 4.78 is 6.17. The Bertz CT molecular complexity index is 1600. The fraction of sp³-hybridized carbons (Fsp3) is 0.250. The smallest absolute Gasteiger partial charge is 0.161 e. The van der Waals surface area contributed by atoms with Gasteiger partial charge in [-0.3, -0.25) is 9.69 Å². The van der Waals surface area contributed by atoms with Crippen molar-refractivity contribution in [1.29, 1.82) is 5.26 Å². The average Bonchev–Trinajstić information content (AvgIpc) is 2.89. The highest BCUT2D eigenvalue weighted by Crippen LogP contribution is 2.47. The molecule has 0 bridgehead atoms. The molecule has 1 atom stereocenters. The molecule has 2 aliphatic rings. The Labute approximate surface area is 239 Å². The molecule has 0 amide bonds. The molecule has 3 aromatic carbocycles. The lowest BCUT2D eigenvalue weighted by Gasteiger charge is -2.40. The number of anilines is 1. The van der Waals surface area contributed by atoms with Gasteiger partial charge < -0.3 is 10.5 Å². The van der Waals surface area contributed by atoms with Gasteiger partial charge in [0.2, 0.25) is 0 Å². The van der Waals surface area contributed by atoms with Crippen molar-refractivity contribution in [2.24, 2.45) is 5.73 Å². The molecule has 1 aliphatic heterocycles. The van der Waals surface area contributed by atoms with Gasteiger partial charge in [-0.15, -0.1) is 0 Å². The molecule has 0 spiro atoms. The lowest BCUT2D eigenvalue weighted by molar-refractivity contribution is -0.116. The van der Waals surface area contributed by atoms with Crippen LogP contribution in [-0.4, -0.2) is 5.78 Å². The summed E-state index contributed by atoms with van der Waals surface area (Å²) in [6.07, 6.45) is 1.84. The summed E-state index contributed by atoms with van der Waals surface area (Å²) in [5.74, 6) is 0.575. The topological polar surface area (TPSA) is 79.4 Å². The summed E-state index contributed by atoms with van der Waals surface area (Å²) >= 11 is 12.4. The maximum Gasteiger partial charge on any atom is 0.161 e. The standard InChI is InChI=1S/C32H29Cl2N3O2/c1-18-12-19(2)25(14-21(18)17-39-29-11-10-23(34)13-20(29)3)30-26(16-35)32(36)37(24-7-4-6-22(33)15-24)27-8-5-9-28(38)31(27)30/h4,6-7,10-15,30H,5,8-9,17,36H2,1-3H3. The number of benzene rings is 3. The zero-order valence-corrected chi connectivity index (χ0v) is 23.7. The molecule has 0 saturated heterocycles. The number of hydrogen-bond donors (Lipinski definition) is 1. The number of carbonyl (C=O) groups is 1. The summed E-state index contributed by atoms with van der Waals surface area (Å²) in [4.78, 5) is 15.4. The molecule has 1 heterocycles. The van der Waals surface area contributed by atoms with Crippen LogP contribution >= 0.6 is 23.2 Å². The van der Waals surface area contributed by atoms with Gasteiger partial charge in [-0.25, -0.2) is 0 Å². The molecule has 7 heteroatoms. The zero-order valence-electron chi connectivity index (χ0n) is 22.1. The maximum atomic E-state index is 13.5. The number of Topliss-reactive ketones (excluding diaryl/α,β-unsaturated/α-hetero) is 1. The maximum absolute atomic E-state index is 13.5. The highest BCUT2D eigenvalue weighted by atomic mass is 35.5. The van der Waals surface area contributed by atoms with Gasteiger partial charge in [0.25, 0.3) is 0 Å². The first-order valence-corrected chi connectivity index (χ1v) is 13.7. The second-order valence-corrected chi connectivity index (χ2v) is 11.0. The summed E-state index contributed by atoms with van der Waals surface area (Å²) in [6, 6.07) is 19.4. The van der Waals surface area contributed by atoms with Crippen molar-refractivity contribution in [1.82, 2.24) is 0 Å². The van der Waals surface area contributed by atoms with Crippen LogP contribution in [0.1, 0.15) is 53.0 Å². The van der Waals surface area contributed by atoms with Crippen molar-refractivity contribution in [2.75, 3.05) is 4.90 Å². The molecule has 5 nitrogen and oxygen atoms in total. The van der Waals surface area contributed by atoms with Crippen LogP contribution in [0.2, 0.25) is 10.0 Å². The van der Waals surface area contributed by atoms with Crippen molar-refractivity contribution in [3.05, 3.63) is 115 Å². The fourth-order valence-electron chi connectivity index (χ4n) is 5.62. The number of hydrogen-bond acceptors (Lipinski definition) is 5. The van der Waals surface area contributed by atoms with E-state index in [1.165, 1.54) is 0 Å². The number of ether oxygens (including phenoxy) is 1. The van der Waals surface area contributed by atoms with Gasteiger partial charge in [-0.2, -0.15) is 5.26 Å². The van der Waals surface area contributed by atoms with E-state index in [-0.39, 0.29) is 5.78 Å². The van der Waals surface area contributed by atoms with Crippen LogP contribution in [0.4, 0.5) is 5.69 Å². The lowest BCUT2D eigenvalue weighted by Crippen LogP contribution is -2.39. The van der Waals surface area contributed by atoms with Crippen LogP contribution in [0.3, 0.4) is 0 Å². The van der Waals surface area contributed by atoms with Crippen LogP contribution in [0.5, 0.6) is 5.75 Å². The second-order valence-electron chi connectivity index (χ2n) is 10.1. The zero-order chi connectivity index (χ0) is 27.8. The molecule has 0 aromatic heterocycles. The quantitative estimate of drug-likeness (QED) is 0.346. The molecule has 5 rings (SSSR count). The van der Waals surface area contributed by atoms with Crippen LogP contribution in [-0.2, 0) is 11.4 Å². The van der Waals surface area contributed by atoms with E-state index in [1.807, 2.05) is 49.9 Å². The van der Waals surface area contributed by atoms with E-state index in [1.54, 1.807) is 18.2 Å². The third kappa shape index (κ3) is 5.03. The van der Waals surface area contributed by atoms with E-state index in [9.17, 15) is 10.1 Å². The number of nitrogens with two attached hydrogens (primary N) is 1. The van der Waals surface area contributed by atoms with E-state index >= 15 is 0 Å². The molecule has 3 aromatic rings. The minimum Gasteiger partial charge on any atom is -0.489 e. The number of nitrogens with zero attached hydrogens (tertiary/aromatic N) is 2. The van der Waals surface area contributed by atoms with Crippen molar-refractivity contribution in [3.8, 4) is 11.8 Å². The SMILES string of the molecule is Cc1cc(C)c(C2C(C#N)=C(N)N(c3cccc(Cl)c3)C3=C2C(=O)CCC3)cc1COc1ccc(Cl)cc1C. The van der Waals surface area contributed by atoms with Gasteiger partial charge in [-0.05, 0) is 97.8 Å². The van der Waals surface area contributed by atoms with Gasteiger partial charge in [0.15, 0.2) is 5.78 Å². The van der Waals surface area contributed by atoms with E-state index in [4.69, 9.17) is 33.7 Å². The fourth-order valence-corrected chi connectivity index (χ4v) is 6.03. The van der Waals surface area contributed by atoms with E-state index in [0.717, 1.165) is 51.4 Å². The van der Waals surface area contributed by atoms with Gasteiger partial charge in [-0.1, -0.05) is 41.4 Å². The van der Waals surface area contributed by atoms with Crippen molar-refractivity contribution >= 4 is 34.7 Å². The first-order chi connectivity index (χ1) is 18.7. The van der Waals surface area contributed by atoms with Gasteiger partial charge in [0, 0.05) is 33.4 Å². The molecule has 1 unspecified atom stereocenters. The van der Waals surface area contributed by atoms with Crippen molar-refractivity contribution in [2.45, 2.75) is 52.6 Å². The van der Waals surface area contributed by atoms with E-state index in [2.05, 4.69) is 18.2 Å².